The standard InChI is InChI=1S/C25H26F3N3O2/c1-15-5-4-6-18(11-15)23-20(9-10-22(31-23)25(26,27)28)14-30-24(32)16(2)17-7-8-19(13-29)21(12-17)33-3/h4-12,16H,13-14,29H2,1-3H3,(H,30,32). The molecule has 3 aromatic rings. The van der Waals surface area contributed by atoms with E-state index in [0.717, 1.165) is 22.8 Å². The fourth-order valence-corrected chi connectivity index (χ4v) is 3.52. The van der Waals surface area contributed by atoms with Crippen molar-refractivity contribution in [3.05, 3.63) is 82.5 Å². The van der Waals surface area contributed by atoms with Gasteiger partial charge in [-0.3, -0.25) is 4.79 Å². The highest BCUT2D eigenvalue weighted by Gasteiger charge is 2.33. The molecule has 1 atom stereocenters. The number of carbonyl (C=O) groups is 1. The van der Waals surface area contributed by atoms with Crippen LogP contribution in [0, 0.1) is 6.92 Å². The first-order valence-corrected chi connectivity index (χ1v) is 10.4. The number of hydrogen-bond acceptors (Lipinski definition) is 4. The van der Waals surface area contributed by atoms with Crippen molar-refractivity contribution >= 4 is 5.91 Å². The summed E-state index contributed by atoms with van der Waals surface area (Å²) in [7, 11) is 1.54. The summed E-state index contributed by atoms with van der Waals surface area (Å²) in [5.74, 6) is -0.175. The lowest BCUT2D eigenvalue weighted by Crippen LogP contribution is -2.28. The molecule has 0 aliphatic carbocycles. The van der Waals surface area contributed by atoms with Crippen molar-refractivity contribution in [3.63, 3.8) is 0 Å². The van der Waals surface area contributed by atoms with Gasteiger partial charge in [-0.15, -0.1) is 0 Å². The summed E-state index contributed by atoms with van der Waals surface area (Å²) in [6.07, 6.45) is -4.57. The highest BCUT2D eigenvalue weighted by atomic mass is 19.4. The molecule has 0 spiro atoms. The lowest BCUT2D eigenvalue weighted by Gasteiger charge is -2.17. The van der Waals surface area contributed by atoms with E-state index >= 15 is 0 Å². The second-order valence-electron chi connectivity index (χ2n) is 7.79. The molecular weight excluding hydrogens is 431 g/mol. The van der Waals surface area contributed by atoms with Gasteiger partial charge in [0.05, 0.1) is 18.7 Å². The number of nitrogens with one attached hydrogen (secondary N) is 1. The average molecular weight is 457 g/mol. The first kappa shape index (κ1) is 24.3. The molecule has 3 N–H and O–H groups in total. The van der Waals surface area contributed by atoms with Gasteiger partial charge in [0.2, 0.25) is 5.91 Å². The molecule has 0 fully saturated rings. The first-order chi connectivity index (χ1) is 15.6. The zero-order valence-corrected chi connectivity index (χ0v) is 18.7. The predicted molar refractivity (Wildman–Crippen MR) is 121 cm³/mol. The molecule has 3 rings (SSSR count). The number of halogens is 3. The van der Waals surface area contributed by atoms with Gasteiger partial charge in [0.1, 0.15) is 11.4 Å². The molecule has 0 saturated heterocycles. The smallest absolute Gasteiger partial charge is 0.433 e. The van der Waals surface area contributed by atoms with Crippen molar-refractivity contribution in [1.29, 1.82) is 0 Å². The minimum atomic E-state index is -4.57. The van der Waals surface area contributed by atoms with Gasteiger partial charge in [-0.05, 0) is 43.2 Å². The summed E-state index contributed by atoms with van der Waals surface area (Å²) in [6, 6.07) is 14.8. The van der Waals surface area contributed by atoms with Gasteiger partial charge in [-0.25, -0.2) is 4.98 Å². The Hall–Kier alpha value is -3.39. The second kappa shape index (κ2) is 10.0. The summed E-state index contributed by atoms with van der Waals surface area (Å²) in [5, 5.41) is 2.82. The molecule has 0 bridgehead atoms. The molecule has 8 heteroatoms. The SMILES string of the molecule is COc1cc(C(C)C(=O)NCc2ccc(C(F)(F)F)nc2-c2cccc(C)c2)ccc1CN. The van der Waals surface area contributed by atoms with Crippen LogP contribution >= 0.6 is 0 Å². The molecule has 0 aliphatic heterocycles. The maximum atomic E-state index is 13.3. The molecule has 33 heavy (non-hydrogen) atoms. The molecule has 5 nitrogen and oxygen atoms in total. The Morgan fingerprint density at radius 3 is 2.48 bits per heavy atom. The summed E-state index contributed by atoms with van der Waals surface area (Å²) in [4.78, 5) is 16.7. The van der Waals surface area contributed by atoms with Gasteiger partial charge in [0, 0.05) is 24.2 Å². The number of alkyl halides is 3. The number of methoxy groups -OCH3 is 1. The van der Waals surface area contributed by atoms with Crippen molar-refractivity contribution in [2.24, 2.45) is 5.73 Å². The quantitative estimate of drug-likeness (QED) is 0.526. The van der Waals surface area contributed by atoms with Crippen molar-refractivity contribution < 1.29 is 22.7 Å². The number of carbonyl (C=O) groups excluding carboxylic acids is 1. The van der Waals surface area contributed by atoms with Gasteiger partial charge in [0.25, 0.3) is 0 Å². The normalized spacial score (nSPS) is 12.3. The average Bonchev–Trinajstić information content (AvgIpc) is 2.80. The molecule has 0 saturated carbocycles. The molecule has 1 amide bonds. The Kier molecular flexibility index (Phi) is 7.38. The van der Waals surface area contributed by atoms with E-state index in [4.69, 9.17) is 10.5 Å². The number of aromatic nitrogens is 1. The van der Waals surface area contributed by atoms with Crippen LogP contribution in [0.3, 0.4) is 0 Å². The largest absolute Gasteiger partial charge is 0.496 e. The second-order valence-corrected chi connectivity index (χ2v) is 7.79. The Bertz CT molecular complexity index is 1150. The van der Waals surface area contributed by atoms with Crippen LogP contribution in [0.15, 0.2) is 54.6 Å². The van der Waals surface area contributed by atoms with Crippen LogP contribution in [0.1, 0.15) is 40.8 Å². The third-order valence-electron chi connectivity index (χ3n) is 5.44. The molecule has 2 aromatic carbocycles. The van der Waals surface area contributed by atoms with Crippen molar-refractivity contribution in [2.45, 2.75) is 39.0 Å². The van der Waals surface area contributed by atoms with Crippen molar-refractivity contribution in [1.82, 2.24) is 10.3 Å². The summed E-state index contributed by atoms with van der Waals surface area (Å²) < 4.78 is 45.1. The summed E-state index contributed by atoms with van der Waals surface area (Å²) >= 11 is 0. The van der Waals surface area contributed by atoms with Gasteiger partial charge in [-0.2, -0.15) is 13.2 Å². The van der Waals surface area contributed by atoms with E-state index in [2.05, 4.69) is 10.3 Å². The maximum absolute atomic E-state index is 13.3. The first-order valence-electron chi connectivity index (χ1n) is 10.4. The van der Waals surface area contributed by atoms with Crippen LogP contribution in [0.2, 0.25) is 0 Å². The number of nitrogens with zero attached hydrogens (tertiary/aromatic N) is 1. The zero-order chi connectivity index (χ0) is 24.2. The zero-order valence-electron chi connectivity index (χ0n) is 18.7. The number of pyridine rings is 1. The molecule has 174 valence electrons. The van der Waals surface area contributed by atoms with Crippen LogP contribution in [-0.4, -0.2) is 18.0 Å². The molecule has 1 heterocycles. The molecule has 1 unspecified atom stereocenters. The molecular formula is C25H26F3N3O2. The minimum absolute atomic E-state index is 0.0373. The van der Waals surface area contributed by atoms with E-state index in [1.807, 2.05) is 25.1 Å². The molecule has 0 aliphatic rings. The molecule has 0 radical (unpaired) electrons. The third kappa shape index (κ3) is 5.70. The Balaban J connectivity index is 1.85. The lowest BCUT2D eigenvalue weighted by molar-refractivity contribution is -0.141. The van der Waals surface area contributed by atoms with Crippen LogP contribution in [0.25, 0.3) is 11.3 Å². The van der Waals surface area contributed by atoms with Gasteiger partial charge in [-0.1, -0.05) is 42.0 Å². The molecule has 1 aromatic heterocycles. The Labute approximate surface area is 190 Å². The van der Waals surface area contributed by atoms with E-state index in [1.54, 1.807) is 31.2 Å². The van der Waals surface area contributed by atoms with Crippen LogP contribution in [-0.2, 0) is 24.1 Å². The van der Waals surface area contributed by atoms with E-state index in [-0.39, 0.29) is 18.1 Å². The Morgan fingerprint density at radius 2 is 1.85 bits per heavy atom. The van der Waals surface area contributed by atoms with E-state index in [0.29, 0.717) is 23.4 Å². The third-order valence-corrected chi connectivity index (χ3v) is 5.44. The van der Waals surface area contributed by atoms with Crippen LogP contribution < -0.4 is 15.8 Å². The van der Waals surface area contributed by atoms with Crippen molar-refractivity contribution in [3.8, 4) is 17.0 Å². The fraction of sp³-hybridized carbons (Fsp3) is 0.280. The number of rotatable bonds is 7. The highest BCUT2D eigenvalue weighted by Crippen LogP contribution is 2.32. The van der Waals surface area contributed by atoms with E-state index in [9.17, 15) is 18.0 Å². The van der Waals surface area contributed by atoms with Crippen molar-refractivity contribution in [2.75, 3.05) is 7.11 Å². The number of aryl methyl sites for hydroxylation is 1. The monoisotopic (exact) mass is 457 g/mol. The number of amides is 1. The Morgan fingerprint density at radius 1 is 1.12 bits per heavy atom. The number of hydrogen-bond donors (Lipinski definition) is 2. The van der Waals surface area contributed by atoms with Gasteiger partial charge < -0.3 is 15.8 Å². The lowest BCUT2D eigenvalue weighted by atomic mass is 9.98. The predicted octanol–water partition coefficient (Wildman–Crippen LogP) is 4.96. The van der Waals surface area contributed by atoms with Crippen LogP contribution in [0.5, 0.6) is 5.75 Å². The number of ether oxygens (including phenoxy) is 1. The summed E-state index contributed by atoms with van der Waals surface area (Å²) in [6.45, 7) is 3.95. The fourth-order valence-electron chi connectivity index (χ4n) is 3.52. The van der Waals surface area contributed by atoms with Gasteiger partial charge >= 0.3 is 6.18 Å². The highest BCUT2D eigenvalue weighted by molar-refractivity contribution is 5.83. The van der Waals surface area contributed by atoms with Crippen LogP contribution in [0.4, 0.5) is 13.2 Å². The maximum Gasteiger partial charge on any atom is 0.433 e. The number of benzene rings is 2. The minimum Gasteiger partial charge on any atom is -0.496 e. The van der Waals surface area contributed by atoms with E-state index in [1.165, 1.54) is 13.2 Å². The summed E-state index contributed by atoms with van der Waals surface area (Å²) in [5.41, 5.74) is 8.42. The van der Waals surface area contributed by atoms with E-state index < -0.39 is 17.8 Å². The topological polar surface area (TPSA) is 77.2 Å². The van der Waals surface area contributed by atoms with Gasteiger partial charge in [0.15, 0.2) is 0 Å². The number of nitrogens with two attached hydrogens (primary N) is 1.